The number of anilines is 1. The van der Waals surface area contributed by atoms with Crippen molar-refractivity contribution in [2.45, 2.75) is 39.2 Å². The maximum Gasteiger partial charge on any atom is 0.330 e. The van der Waals surface area contributed by atoms with E-state index in [-0.39, 0.29) is 18.2 Å². The average molecular weight is 461 g/mol. The summed E-state index contributed by atoms with van der Waals surface area (Å²) in [4.78, 5) is 52.9. The molecule has 1 aliphatic carbocycles. The van der Waals surface area contributed by atoms with Gasteiger partial charge in [0.2, 0.25) is 11.8 Å². The molecular weight excluding hydrogens is 432 g/mol. The number of fused-ring (bicyclic) bond motifs is 1. The SMILES string of the molecule is Cc1cccc(NC(=O)COC(=O)[C@H](Cc2ccccc2)N2C(=O)[C@H]3CC=CC[C@@H]3C2=O)c1C. The molecule has 1 N–H and O–H groups in total. The molecule has 3 amide bonds. The van der Waals surface area contributed by atoms with Crippen molar-refractivity contribution in [2.24, 2.45) is 11.8 Å². The first kappa shape index (κ1) is 23.4. The number of allylic oxidation sites excluding steroid dienone is 2. The van der Waals surface area contributed by atoms with E-state index in [0.29, 0.717) is 18.5 Å². The molecule has 0 unspecified atom stereocenters. The molecule has 0 bridgehead atoms. The van der Waals surface area contributed by atoms with Crippen molar-refractivity contribution >= 4 is 29.4 Å². The third kappa shape index (κ3) is 4.78. The van der Waals surface area contributed by atoms with Gasteiger partial charge >= 0.3 is 5.97 Å². The van der Waals surface area contributed by atoms with Crippen molar-refractivity contribution in [1.29, 1.82) is 0 Å². The van der Waals surface area contributed by atoms with Gasteiger partial charge < -0.3 is 10.1 Å². The number of nitrogens with one attached hydrogen (secondary N) is 1. The van der Waals surface area contributed by atoms with Gasteiger partial charge in [0, 0.05) is 12.1 Å². The molecule has 1 saturated heterocycles. The highest BCUT2D eigenvalue weighted by Crippen LogP contribution is 2.36. The van der Waals surface area contributed by atoms with Crippen LogP contribution in [-0.2, 0) is 30.3 Å². The number of likely N-dealkylation sites (tertiary alicyclic amines) is 1. The van der Waals surface area contributed by atoms with E-state index in [9.17, 15) is 19.2 Å². The van der Waals surface area contributed by atoms with E-state index in [0.717, 1.165) is 21.6 Å². The number of aryl methyl sites for hydroxylation is 1. The lowest BCUT2D eigenvalue weighted by molar-refractivity contribution is -0.159. The van der Waals surface area contributed by atoms with Crippen LogP contribution in [0.1, 0.15) is 29.5 Å². The fourth-order valence-corrected chi connectivity index (χ4v) is 4.56. The number of nitrogens with zero attached hydrogens (tertiary/aromatic N) is 1. The zero-order valence-corrected chi connectivity index (χ0v) is 19.3. The molecule has 7 heteroatoms. The van der Waals surface area contributed by atoms with Crippen LogP contribution in [0.2, 0.25) is 0 Å². The van der Waals surface area contributed by atoms with Crippen LogP contribution in [-0.4, -0.2) is 41.2 Å². The second-order valence-corrected chi connectivity index (χ2v) is 8.81. The number of benzene rings is 2. The molecule has 4 rings (SSSR count). The van der Waals surface area contributed by atoms with Crippen LogP contribution in [0, 0.1) is 25.7 Å². The molecule has 7 nitrogen and oxygen atoms in total. The molecule has 0 aromatic heterocycles. The third-order valence-corrected chi connectivity index (χ3v) is 6.62. The van der Waals surface area contributed by atoms with Crippen molar-refractivity contribution in [3.8, 4) is 0 Å². The zero-order chi connectivity index (χ0) is 24.2. The summed E-state index contributed by atoms with van der Waals surface area (Å²) >= 11 is 0. The normalized spacial score (nSPS) is 20.1. The van der Waals surface area contributed by atoms with Gasteiger partial charge in [-0.1, -0.05) is 54.6 Å². The Kier molecular flexibility index (Phi) is 6.91. The van der Waals surface area contributed by atoms with Crippen LogP contribution < -0.4 is 5.32 Å². The monoisotopic (exact) mass is 460 g/mol. The van der Waals surface area contributed by atoms with Crippen LogP contribution in [0.25, 0.3) is 0 Å². The van der Waals surface area contributed by atoms with Gasteiger partial charge in [0.05, 0.1) is 11.8 Å². The highest BCUT2D eigenvalue weighted by molar-refractivity contribution is 6.08. The van der Waals surface area contributed by atoms with Crippen LogP contribution >= 0.6 is 0 Å². The summed E-state index contributed by atoms with van der Waals surface area (Å²) in [6.07, 6.45) is 4.90. The Hall–Kier alpha value is -3.74. The van der Waals surface area contributed by atoms with E-state index >= 15 is 0 Å². The smallest absolute Gasteiger partial charge is 0.330 e. The fraction of sp³-hybridized carbons (Fsp3) is 0.333. The minimum atomic E-state index is -1.12. The first-order valence-electron chi connectivity index (χ1n) is 11.5. The lowest BCUT2D eigenvalue weighted by atomic mass is 9.85. The highest BCUT2D eigenvalue weighted by Gasteiger charge is 2.51. The molecule has 176 valence electrons. The minimum Gasteiger partial charge on any atom is -0.454 e. The summed E-state index contributed by atoms with van der Waals surface area (Å²) in [6, 6.07) is 13.6. The maximum absolute atomic E-state index is 13.1. The van der Waals surface area contributed by atoms with Crippen LogP contribution in [0.15, 0.2) is 60.7 Å². The Labute approximate surface area is 198 Å². The molecule has 3 atom stereocenters. The second kappa shape index (κ2) is 10.0. The lowest BCUT2D eigenvalue weighted by Gasteiger charge is -2.25. The van der Waals surface area contributed by atoms with Crippen LogP contribution in [0.3, 0.4) is 0 Å². The number of hydrogen-bond acceptors (Lipinski definition) is 5. The van der Waals surface area contributed by atoms with Crippen molar-refractivity contribution < 1.29 is 23.9 Å². The summed E-state index contributed by atoms with van der Waals surface area (Å²) in [7, 11) is 0. The van der Waals surface area contributed by atoms with E-state index in [4.69, 9.17) is 4.74 Å². The molecule has 0 spiro atoms. The first-order chi connectivity index (χ1) is 16.4. The average Bonchev–Trinajstić information content (AvgIpc) is 3.09. The van der Waals surface area contributed by atoms with E-state index in [2.05, 4.69) is 5.32 Å². The molecule has 1 fully saturated rings. The molecule has 2 aliphatic rings. The molecule has 2 aromatic rings. The standard InChI is InChI=1S/C27H28N2O5/c1-17-9-8-14-22(18(17)2)28-24(30)16-34-27(33)23(15-19-10-4-3-5-11-19)29-25(31)20-12-6-7-13-21(20)26(29)32/h3-11,14,20-21,23H,12-13,15-16H2,1-2H3,(H,28,30)/t20-,21-,23-/m0/s1. The number of carbonyl (C=O) groups excluding carboxylic acids is 4. The molecule has 1 aliphatic heterocycles. The maximum atomic E-state index is 13.1. The Balaban J connectivity index is 1.49. The molecule has 0 saturated carbocycles. The summed E-state index contributed by atoms with van der Waals surface area (Å²) in [6.45, 7) is 3.32. The molecule has 2 aromatic carbocycles. The van der Waals surface area contributed by atoms with Crippen LogP contribution in [0.4, 0.5) is 5.69 Å². The van der Waals surface area contributed by atoms with Crippen molar-refractivity contribution in [3.63, 3.8) is 0 Å². The number of amides is 3. The second-order valence-electron chi connectivity index (χ2n) is 8.81. The van der Waals surface area contributed by atoms with Gasteiger partial charge in [0.1, 0.15) is 6.04 Å². The number of imide groups is 1. The highest BCUT2D eigenvalue weighted by atomic mass is 16.5. The van der Waals surface area contributed by atoms with Crippen molar-refractivity contribution in [1.82, 2.24) is 4.90 Å². The predicted octanol–water partition coefficient (Wildman–Crippen LogP) is 3.35. The van der Waals surface area contributed by atoms with Gasteiger partial charge in [-0.15, -0.1) is 0 Å². The van der Waals surface area contributed by atoms with Gasteiger partial charge in [-0.25, -0.2) is 4.79 Å². The lowest BCUT2D eigenvalue weighted by Crippen LogP contribution is -2.48. The summed E-state index contributed by atoms with van der Waals surface area (Å²) < 4.78 is 5.33. The summed E-state index contributed by atoms with van der Waals surface area (Å²) in [5.41, 5.74) is 3.38. The number of carbonyl (C=O) groups is 4. The van der Waals surface area contributed by atoms with Crippen molar-refractivity contribution in [2.75, 3.05) is 11.9 Å². The fourth-order valence-electron chi connectivity index (χ4n) is 4.56. The molecule has 34 heavy (non-hydrogen) atoms. The Morgan fingerprint density at radius 3 is 2.26 bits per heavy atom. The first-order valence-corrected chi connectivity index (χ1v) is 11.5. The number of esters is 1. The van der Waals surface area contributed by atoms with Crippen LogP contribution in [0.5, 0.6) is 0 Å². The Bertz CT molecular complexity index is 1110. The van der Waals surface area contributed by atoms with Gasteiger partial charge in [-0.05, 0) is 49.4 Å². The quantitative estimate of drug-likeness (QED) is 0.389. The van der Waals surface area contributed by atoms with Gasteiger partial charge in [-0.3, -0.25) is 19.3 Å². The number of hydrogen-bond donors (Lipinski definition) is 1. The van der Waals surface area contributed by atoms with E-state index in [1.165, 1.54) is 0 Å². The zero-order valence-electron chi connectivity index (χ0n) is 19.3. The predicted molar refractivity (Wildman–Crippen MR) is 127 cm³/mol. The Morgan fingerprint density at radius 1 is 0.971 bits per heavy atom. The summed E-state index contributed by atoms with van der Waals surface area (Å²) in [5, 5.41) is 2.75. The van der Waals surface area contributed by atoms with E-state index < -0.39 is 36.4 Å². The van der Waals surface area contributed by atoms with Gasteiger partial charge in [0.25, 0.3) is 5.91 Å². The number of ether oxygens (including phenoxy) is 1. The van der Waals surface area contributed by atoms with Gasteiger partial charge in [0.15, 0.2) is 6.61 Å². The van der Waals surface area contributed by atoms with Crippen molar-refractivity contribution in [3.05, 3.63) is 77.4 Å². The summed E-state index contributed by atoms with van der Waals surface area (Å²) in [5.74, 6) is -2.85. The van der Waals surface area contributed by atoms with E-state index in [1.54, 1.807) is 6.07 Å². The molecule has 0 radical (unpaired) electrons. The molecular formula is C27H28N2O5. The number of rotatable bonds is 7. The molecule has 1 heterocycles. The van der Waals surface area contributed by atoms with Gasteiger partial charge in [-0.2, -0.15) is 0 Å². The van der Waals surface area contributed by atoms with E-state index in [1.807, 2.05) is 68.5 Å². The Morgan fingerprint density at radius 2 is 1.62 bits per heavy atom. The topological polar surface area (TPSA) is 92.8 Å². The third-order valence-electron chi connectivity index (χ3n) is 6.62. The minimum absolute atomic E-state index is 0.128. The largest absolute Gasteiger partial charge is 0.454 e.